The van der Waals surface area contributed by atoms with Gasteiger partial charge in [0.2, 0.25) is 0 Å². The Morgan fingerprint density at radius 1 is 1.40 bits per heavy atom. The van der Waals surface area contributed by atoms with E-state index in [1.165, 1.54) is 0 Å². The van der Waals surface area contributed by atoms with Gasteiger partial charge in [-0.1, -0.05) is 12.1 Å². The van der Waals surface area contributed by atoms with Crippen LogP contribution >= 0.6 is 0 Å². The van der Waals surface area contributed by atoms with Crippen molar-refractivity contribution < 1.29 is 9.53 Å². The van der Waals surface area contributed by atoms with Crippen molar-refractivity contribution in [1.82, 2.24) is 10.3 Å². The Hall–Kier alpha value is -2.14. The molecule has 0 aliphatic heterocycles. The van der Waals surface area contributed by atoms with Crippen LogP contribution in [0.15, 0.2) is 30.3 Å². The predicted octanol–water partition coefficient (Wildman–Crippen LogP) is 2.29. The number of pyridine rings is 1. The Morgan fingerprint density at radius 3 is 2.90 bits per heavy atom. The SMILES string of the molecule is CCOC(=O)NC(CN)c1ccc2nc(C)ccc2c1. The predicted molar refractivity (Wildman–Crippen MR) is 78.4 cm³/mol. The third-order valence-electron chi connectivity index (χ3n) is 3.06. The fourth-order valence-electron chi connectivity index (χ4n) is 2.06. The Morgan fingerprint density at radius 2 is 2.20 bits per heavy atom. The van der Waals surface area contributed by atoms with Crippen molar-refractivity contribution in [3.8, 4) is 0 Å². The van der Waals surface area contributed by atoms with E-state index >= 15 is 0 Å². The maximum absolute atomic E-state index is 11.5. The number of hydrogen-bond donors (Lipinski definition) is 2. The van der Waals surface area contributed by atoms with E-state index in [1.807, 2.05) is 37.3 Å². The average Bonchev–Trinajstić information content (AvgIpc) is 2.44. The smallest absolute Gasteiger partial charge is 0.407 e. The summed E-state index contributed by atoms with van der Waals surface area (Å²) in [6.45, 7) is 4.37. The zero-order valence-corrected chi connectivity index (χ0v) is 11.7. The van der Waals surface area contributed by atoms with Gasteiger partial charge in [-0.15, -0.1) is 0 Å². The molecule has 1 unspecified atom stereocenters. The third kappa shape index (κ3) is 3.24. The molecule has 20 heavy (non-hydrogen) atoms. The highest BCUT2D eigenvalue weighted by Gasteiger charge is 2.14. The van der Waals surface area contributed by atoms with E-state index in [-0.39, 0.29) is 6.04 Å². The number of fused-ring (bicyclic) bond motifs is 1. The molecular weight excluding hydrogens is 254 g/mol. The van der Waals surface area contributed by atoms with Crippen molar-refractivity contribution in [2.75, 3.05) is 13.2 Å². The summed E-state index contributed by atoms with van der Waals surface area (Å²) >= 11 is 0. The molecule has 1 atom stereocenters. The van der Waals surface area contributed by atoms with Gasteiger partial charge >= 0.3 is 6.09 Å². The van der Waals surface area contributed by atoms with Crippen LogP contribution in [0.2, 0.25) is 0 Å². The number of aromatic nitrogens is 1. The monoisotopic (exact) mass is 273 g/mol. The highest BCUT2D eigenvalue weighted by atomic mass is 16.5. The van der Waals surface area contributed by atoms with E-state index in [9.17, 15) is 4.79 Å². The van der Waals surface area contributed by atoms with Gasteiger partial charge in [-0.25, -0.2) is 4.79 Å². The molecular formula is C15H19N3O2. The number of hydrogen-bond acceptors (Lipinski definition) is 4. The van der Waals surface area contributed by atoms with Crippen LogP contribution in [-0.2, 0) is 4.74 Å². The van der Waals surface area contributed by atoms with Crippen molar-refractivity contribution in [1.29, 1.82) is 0 Å². The number of nitrogens with one attached hydrogen (secondary N) is 1. The third-order valence-corrected chi connectivity index (χ3v) is 3.06. The molecule has 5 heteroatoms. The number of amides is 1. The quantitative estimate of drug-likeness (QED) is 0.896. The number of nitrogens with zero attached hydrogens (tertiary/aromatic N) is 1. The number of aryl methyl sites for hydroxylation is 1. The van der Waals surface area contributed by atoms with E-state index < -0.39 is 6.09 Å². The van der Waals surface area contributed by atoms with Gasteiger partial charge < -0.3 is 15.8 Å². The van der Waals surface area contributed by atoms with E-state index in [0.717, 1.165) is 22.2 Å². The van der Waals surface area contributed by atoms with Crippen LogP contribution in [0.5, 0.6) is 0 Å². The number of alkyl carbamates (subject to hydrolysis) is 1. The maximum Gasteiger partial charge on any atom is 0.407 e. The van der Waals surface area contributed by atoms with Gasteiger partial charge in [0, 0.05) is 17.6 Å². The summed E-state index contributed by atoms with van der Waals surface area (Å²) in [5, 5.41) is 3.78. The summed E-state index contributed by atoms with van der Waals surface area (Å²) in [5.41, 5.74) is 8.58. The zero-order chi connectivity index (χ0) is 14.5. The molecule has 2 rings (SSSR count). The first-order chi connectivity index (χ1) is 9.63. The Labute approximate surface area is 118 Å². The molecule has 0 aliphatic rings. The molecule has 5 nitrogen and oxygen atoms in total. The molecule has 2 aromatic rings. The van der Waals surface area contributed by atoms with Gasteiger partial charge in [-0.3, -0.25) is 4.98 Å². The summed E-state index contributed by atoms with van der Waals surface area (Å²) in [7, 11) is 0. The summed E-state index contributed by atoms with van der Waals surface area (Å²) in [6, 6.07) is 9.57. The minimum atomic E-state index is -0.454. The maximum atomic E-state index is 11.5. The van der Waals surface area contributed by atoms with Crippen molar-refractivity contribution in [3.05, 3.63) is 41.6 Å². The lowest BCUT2D eigenvalue weighted by Crippen LogP contribution is -2.33. The molecule has 0 fully saturated rings. The molecule has 1 amide bonds. The van der Waals surface area contributed by atoms with Crippen LogP contribution in [0, 0.1) is 6.92 Å². The molecule has 1 aromatic carbocycles. The molecule has 0 saturated carbocycles. The Kier molecular flexibility index (Phi) is 4.53. The molecule has 0 bridgehead atoms. The van der Waals surface area contributed by atoms with E-state index in [1.54, 1.807) is 6.92 Å². The lowest BCUT2D eigenvalue weighted by Gasteiger charge is -2.17. The van der Waals surface area contributed by atoms with Crippen LogP contribution in [0.3, 0.4) is 0 Å². The molecule has 0 saturated heterocycles. The Balaban J connectivity index is 2.25. The summed E-state index contributed by atoms with van der Waals surface area (Å²) in [4.78, 5) is 15.9. The molecule has 0 spiro atoms. The van der Waals surface area contributed by atoms with Crippen LogP contribution in [0.25, 0.3) is 10.9 Å². The van der Waals surface area contributed by atoms with Crippen LogP contribution in [0.1, 0.15) is 24.2 Å². The molecule has 106 valence electrons. The molecule has 3 N–H and O–H groups in total. The van der Waals surface area contributed by atoms with Crippen molar-refractivity contribution in [3.63, 3.8) is 0 Å². The average molecular weight is 273 g/mol. The summed E-state index contributed by atoms with van der Waals surface area (Å²) < 4.78 is 4.88. The fourth-order valence-corrected chi connectivity index (χ4v) is 2.06. The number of carbonyl (C=O) groups is 1. The van der Waals surface area contributed by atoms with Gasteiger partial charge in [-0.05, 0) is 37.6 Å². The fraction of sp³-hybridized carbons (Fsp3) is 0.333. The lowest BCUT2D eigenvalue weighted by molar-refractivity contribution is 0.148. The molecule has 0 aliphatic carbocycles. The number of ether oxygens (including phenoxy) is 1. The van der Waals surface area contributed by atoms with Gasteiger partial charge in [0.25, 0.3) is 0 Å². The standard InChI is InChI=1S/C15H19N3O2/c1-3-20-15(19)18-14(9-16)12-6-7-13-11(8-12)5-4-10(2)17-13/h4-8,14H,3,9,16H2,1-2H3,(H,18,19). The van der Waals surface area contributed by atoms with Crippen LogP contribution < -0.4 is 11.1 Å². The van der Waals surface area contributed by atoms with Gasteiger partial charge in [0.05, 0.1) is 18.2 Å². The number of benzene rings is 1. The lowest BCUT2D eigenvalue weighted by atomic mass is 10.0. The summed E-state index contributed by atoms with van der Waals surface area (Å²) in [6.07, 6.45) is -0.454. The normalized spacial score (nSPS) is 12.2. The van der Waals surface area contributed by atoms with Gasteiger partial charge in [0.15, 0.2) is 0 Å². The van der Waals surface area contributed by atoms with Gasteiger partial charge in [-0.2, -0.15) is 0 Å². The van der Waals surface area contributed by atoms with Gasteiger partial charge in [0.1, 0.15) is 0 Å². The topological polar surface area (TPSA) is 77.2 Å². The minimum absolute atomic E-state index is 0.264. The number of nitrogens with two attached hydrogens (primary N) is 1. The van der Waals surface area contributed by atoms with E-state index in [2.05, 4.69) is 10.3 Å². The van der Waals surface area contributed by atoms with Crippen molar-refractivity contribution in [2.24, 2.45) is 5.73 Å². The summed E-state index contributed by atoms with van der Waals surface area (Å²) in [5.74, 6) is 0. The highest BCUT2D eigenvalue weighted by Crippen LogP contribution is 2.19. The van der Waals surface area contributed by atoms with Crippen LogP contribution in [-0.4, -0.2) is 24.2 Å². The van der Waals surface area contributed by atoms with Crippen molar-refractivity contribution in [2.45, 2.75) is 19.9 Å². The van der Waals surface area contributed by atoms with E-state index in [4.69, 9.17) is 10.5 Å². The first-order valence-electron chi connectivity index (χ1n) is 6.64. The second kappa shape index (κ2) is 6.34. The second-order valence-electron chi connectivity index (χ2n) is 4.56. The van der Waals surface area contributed by atoms with Crippen LogP contribution in [0.4, 0.5) is 4.79 Å². The van der Waals surface area contributed by atoms with Crippen molar-refractivity contribution >= 4 is 17.0 Å². The molecule has 0 radical (unpaired) electrons. The highest BCUT2D eigenvalue weighted by molar-refractivity contribution is 5.79. The first-order valence-corrected chi connectivity index (χ1v) is 6.64. The number of carbonyl (C=O) groups excluding carboxylic acids is 1. The first kappa shape index (κ1) is 14.3. The molecule has 1 heterocycles. The largest absolute Gasteiger partial charge is 0.450 e. The Bertz CT molecular complexity index is 613. The number of rotatable bonds is 4. The second-order valence-corrected chi connectivity index (χ2v) is 4.56. The minimum Gasteiger partial charge on any atom is -0.450 e. The molecule has 1 aromatic heterocycles. The zero-order valence-electron chi connectivity index (χ0n) is 11.7. The van der Waals surface area contributed by atoms with E-state index in [0.29, 0.717) is 13.2 Å².